The number of rotatable bonds is 1. The summed E-state index contributed by atoms with van der Waals surface area (Å²) in [4.78, 5) is 16.0. The molecule has 3 heterocycles. The van der Waals surface area contributed by atoms with Crippen molar-refractivity contribution < 1.29 is 23.1 Å². The molecule has 1 unspecified atom stereocenters. The first-order valence-corrected chi connectivity index (χ1v) is 21.4. The summed E-state index contributed by atoms with van der Waals surface area (Å²) >= 11 is 10.2. The van der Waals surface area contributed by atoms with Gasteiger partial charge in [-0.1, -0.05) is 36.7 Å². The number of amides is 1. The second-order valence-electron chi connectivity index (χ2n) is 15.1. The molecule has 260 valence electrons. The summed E-state index contributed by atoms with van der Waals surface area (Å²) in [6, 6.07) is 11.5. The Kier molecular flexibility index (Phi) is 9.40. The molecule has 0 radical (unpaired) electrons. The zero-order valence-electron chi connectivity index (χ0n) is 27.9. The van der Waals surface area contributed by atoms with Gasteiger partial charge in [0.2, 0.25) is 10.0 Å². The van der Waals surface area contributed by atoms with Crippen molar-refractivity contribution in [2.45, 2.75) is 92.5 Å². The number of sulfonamides is 1. The maximum atomic E-state index is 13.6. The molecule has 48 heavy (non-hydrogen) atoms. The Bertz CT molecular complexity index is 1710. The fraction of sp³-hybridized carbons (Fsp3) is 0.595. The fourth-order valence-corrected chi connectivity index (χ4v) is 13.7. The van der Waals surface area contributed by atoms with Crippen LogP contribution < -0.4 is 14.4 Å². The van der Waals surface area contributed by atoms with Crippen molar-refractivity contribution in [1.82, 2.24) is 4.72 Å². The number of carbonyl (C=O) groups is 1. The van der Waals surface area contributed by atoms with Crippen LogP contribution in [0.15, 0.2) is 48.6 Å². The molecule has 2 bridgehead atoms. The van der Waals surface area contributed by atoms with E-state index in [2.05, 4.69) is 35.3 Å². The topological polar surface area (TPSA) is 95.9 Å². The standard InChI is InChI=1S/C37H47ClN2O5S3/c1-24-7-4-15-37(42,34-46-17-6-18-47-34)32-13-16-35(32,3)21-40-22-36(14-5-8-26-19-28(38)10-11-29(26)36)23-45-31-12-9-27(20-30(31)40)33(41)39-48(43,44)25(24)2/h9-12,19-20,25,32,34,42H,1,4-8,13-18,21-23H2,2-3H3,(H,39,41)/t25-,32-,35?,36+,37+/m1/s1. The normalized spacial score (nSPS) is 34.2. The third-order valence-electron chi connectivity index (χ3n) is 11.9. The molecule has 1 saturated carbocycles. The van der Waals surface area contributed by atoms with Gasteiger partial charge in [0, 0.05) is 29.1 Å². The minimum atomic E-state index is -4.03. The first kappa shape index (κ1) is 34.6. The molecule has 2 fully saturated rings. The Hall–Kier alpha value is -1.85. The van der Waals surface area contributed by atoms with Gasteiger partial charge in [-0.3, -0.25) is 4.79 Å². The van der Waals surface area contributed by atoms with Gasteiger partial charge in [-0.05, 0) is 129 Å². The zero-order valence-corrected chi connectivity index (χ0v) is 31.1. The van der Waals surface area contributed by atoms with Crippen LogP contribution in [0.3, 0.4) is 0 Å². The molecule has 1 spiro atoms. The number of nitrogens with zero attached hydrogens (tertiary/aromatic N) is 1. The second kappa shape index (κ2) is 13.0. The highest BCUT2D eigenvalue weighted by atomic mass is 35.5. The van der Waals surface area contributed by atoms with Gasteiger partial charge >= 0.3 is 0 Å². The summed E-state index contributed by atoms with van der Waals surface area (Å²) < 4.78 is 35.9. The number of hydrogen-bond acceptors (Lipinski definition) is 8. The summed E-state index contributed by atoms with van der Waals surface area (Å²) in [6.07, 6.45) is 7.72. The quantitative estimate of drug-likeness (QED) is 0.295. The van der Waals surface area contributed by atoms with E-state index in [1.54, 1.807) is 19.1 Å². The van der Waals surface area contributed by atoms with Gasteiger partial charge in [-0.2, -0.15) is 0 Å². The molecule has 2 aliphatic carbocycles. The number of carbonyl (C=O) groups excluding carboxylic acids is 1. The van der Waals surface area contributed by atoms with Gasteiger partial charge < -0.3 is 14.7 Å². The average molecular weight is 731 g/mol. The third kappa shape index (κ3) is 6.20. The number of hydrogen-bond donors (Lipinski definition) is 2. The van der Waals surface area contributed by atoms with E-state index in [0.717, 1.165) is 60.7 Å². The van der Waals surface area contributed by atoms with Gasteiger partial charge in [-0.25, -0.2) is 13.1 Å². The van der Waals surface area contributed by atoms with Crippen molar-refractivity contribution in [3.05, 3.63) is 70.3 Å². The highest BCUT2D eigenvalue weighted by Gasteiger charge is 2.58. The Morgan fingerprint density at radius 1 is 1.04 bits per heavy atom. The maximum absolute atomic E-state index is 13.6. The zero-order chi connectivity index (χ0) is 33.9. The molecule has 5 aliphatic rings. The van der Waals surface area contributed by atoms with Crippen molar-refractivity contribution in [1.29, 1.82) is 0 Å². The van der Waals surface area contributed by atoms with Crippen LogP contribution in [-0.2, 0) is 21.9 Å². The molecule has 1 amide bonds. The lowest BCUT2D eigenvalue weighted by atomic mass is 9.54. The summed E-state index contributed by atoms with van der Waals surface area (Å²) in [7, 11) is -4.03. The third-order valence-corrected chi connectivity index (χ3v) is 17.1. The van der Waals surface area contributed by atoms with E-state index in [4.69, 9.17) is 16.3 Å². The first-order valence-electron chi connectivity index (χ1n) is 17.3. The molecule has 5 atom stereocenters. The number of nitrogens with one attached hydrogen (secondary N) is 1. The minimum Gasteiger partial charge on any atom is -0.490 e. The molecular weight excluding hydrogens is 684 g/mol. The van der Waals surface area contributed by atoms with E-state index in [-0.39, 0.29) is 26.9 Å². The van der Waals surface area contributed by atoms with E-state index in [1.165, 1.54) is 11.1 Å². The predicted molar refractivity (Wildman–Crippen MR) is 198 cm³/mol. The SMILES string of the molecule is C=C1CCC[C@@](O)(C2SCCCS2)[C@@H]2CCC2(C)CN2C[C@@]3(CCCc4cc(Cl)ccc43)COc3ccc(cc32)C(=O)NS(=O)(=O)[C@@H]1C. The number of thioether (sulfide) groups is 2. The molecule has 7 nitrogen and oxygen atoms in total. The highest BCUT2D eigenvalue weighted by molar-refractivity contribution is 8.17. The van der Waals surface area contributed by atoms with Gasteiger partial charge in [0.05, 0.1) is 27.7 Å². The number of anilines is 1. The smallest absolute Gasteiger partial charge is 0.264 e. The van der Waals surface area contributed by atoms with Crippen LogP contribution in [0.1, 0.15) is 86.7 Å². The number of halogens is 1. The summed E-state index contributed by atoms with van der Waals surface area (Å²) in [5, 5.41) is 12.7. The monoisotopic (exact) mass is 730 g/mol. The minimum absolute atomic E-state index is 0.0659. The Balaban J connectivity index is 1.34. The molecular formula is C37H47ClN2O5S3. The van der Waals surface area contributed by atoms with Crippen molar-refractivity contribution in [2.75, 3.05) is 36.1 Å². The van der Waals surface area contributed by atoms with Gasteiger partial charge in [0.25, 0.3) is 5.91 Å². The number of aliphatic hydroxyl groups is 1. The van der Waals surface area contributed by atoms with Crippen molar-refractivity contribution in [3.8, 4) is 5.75 Å². The Morgan fingerprint density at radius 3 is 2.56 bits per heavy atom. The lowest BCUT2D eigenvalue weighted by molar-refractivity contribution is -0.118. The van der Waals surface area contributed by atoms with E-state index >= 15 is 0 Å². The van der Waals surface area contributed by atoms with Gasteiger partial charge in [-0.15, -0.1) is 23.5 Å². The summed E-state index contributed by atoms with van der Waals surface area (Å²) in [5.41, 5.74) is 2.74. The highest BCUT2D eigenvalue weighted by Crippen LogP contribution is 2.59. The van der Waals surface area contributed by atoms with Crippen molar-refractivity contribution in [3.63, 3.8) is 0 Å². The van der Waals surface area contributed by atoms with E-state index in [0.29, 0.717) is 50.3 Å². The van der Waals surface area contributed by atoms with Crippen molar-refractivity contribution >= 4 is 56.7 Å². The molecule has 3 aliphatic heterocycles. The van der Waals surface area contributed by atoms with E-state index in [9.17, 15) is 18.3 Å². The number of fused-ring (bicyclic) bond motifs is 4. The second-order valence-corrected chi connectivity index (χ2v) is 20.2. The van der Waals surface area contributed by atoms with E-state index < -0.39 is 26.8 Å². The molecule has 2 N–H and O–H groups in total. The summed E-state index contributed by atoms with van der Waals surface area (Å²) in [6.45, 7) is 9.91. The van der Waals surface area contributed by atoms with Crippen molar-refractivity contribution in [2.24, 2.45) is 11.3 Å². The first-order chi connectivity index (χ1) is 22.8. The molecule has 0 aromatic heterocycles. The van der Waals surface area contributed by atoms with Crippen LogP contribution in [-0.4, -0.2) is 66.1 Å². The lowest BCUT2D eigenvalue weighted by Gasteiger charge is -2.58. The van der Waals surface area contributed by atoms with Crippen LogP contribution in [0, 0.1) is 11.3 Å². The van der Waals surface area contributed by atoms with Crippen LogP contribution in [0.4, 0.5) is 5.69 Å². The van der Waals surface area contributed by atoms with Crippen LogP contribution in [0.5, 0.6) is 5.75 Å². The molecule has 2 aromatic carbocycles. The molecule has 7 rings (SSSR count). The maximum Gasteiger partial charge on any atom is 0.264 e. The van der Waals surface area contributed by atoms with Crippen LogP contribution in [0.2, 0.25) is 5.02 Å². The number of ether oxygens (including phenoxy) is 1. The molecule has 11 heteroatoms. The summed E-state index contributed by atoms with van der Waals surface area (Å²) in [5.74, 6) is 2.17. The number of aryl methyl sites for hydroxylation is 1. The van der Waals surface area contributed by atoms with Crippen LogP contribution in [0.25, 0.3) is 0 Å². The predicted octanol–water partition coefficient (Wildman–Crippen LogP) is 7.34. The van der Waals surface area contributed by atoms with Gasteiger partial charge in [0.1, 0.15) is 5.75 Å². The largest absolute Gasteiger partial charge is 0.490 e. The molecule has 2 aromatic rings. The fourth-order valence-electron chi connectivity index (χ4n) is 9.02. The Labute approximate surface area is 299 Å². The molecule has 1 saturated heterocycles. The van der Waals surface area contributed by atoms with Gasteiger partial charge in [0.15, 0.2) is 0 Å². The van der Waals surface area contributed by atoms with E-state index in [1.807, 2.05) is 35.7 Å². The van der Waals surface area contributed by atoms with Crippen LogP contribution >= 0.6 is 35.1 Å². The average Bonchev–Trinajstić information content (AvgIpc) is 3.20. The number of benzene rings is 2. The Morgan fingerprint density at radius 2 is 1.81 bits per heavy atom. The lowest BCUT2D eigenvalue weighted by Crippen LogP contribution is -2.61.